The van der Waals surface area contributed by atoms with Crippen LogP contribution in [0.1, 0.15) is 80.6 Å². The minimum Gasteiger partial charge on any atom is -0.457 e. The van der Waals surface area contributed by atoms with Crippen LogP contribution in [-0.4, -0.2) is 135 Å². The summed E-state index contributed by atoms with van der Waals surface area (Å²) in [4.78, 5) is 69.3. The third-order valence-corrected chi connectivity index (χ3v) is 13.1. The maximum absolute atomic E-state index is 14.8. The first-order chi connectivity index (χ1) is 28.3. The van der Waals surface area contributed by atoms with Crippen molar-refractivity contribution in [3.8, 4) is 11.3 Å². The fourth-order valence-electron chi connectivity index (χ4n) is 9.42. The molecule has 332 valence electrons. The first-order valence-electron chi connectivity index (χ1n) is 21.1. The lowest BCUT2D eigenvalue weighted by molar-refractivity contribution is -0.295. The molecule has 5 rings (SSSR count). The van der Waals surface area contributed by atoms with Crippen molar-refractivity contribution in [2.45, 2.75) is 141 Å². The van der Waals surface area contributed by atoms with Gasteiger partial charge in [0.15, 0.2) is 17.7 Å². The fraction of sp³-hybridized carbons (Fsp3) is 0.682. The number of methoxy groups -OCH3 is 1. The molecular weight excluding hydrogens is 794 g/mol. The summed E-state index contributed by atoms with van der Waals surface area (Å²) in [5.41, 5.74) is -1.32. The maximum Gasteiger partial charge on any atom is 0.411 e. The van der Waals surface area contributed by atoms with E-state index in [4.69, 9.17) is 35.3 Å². The average Bonchev–Trinajstić information content (AvgIpc) is 3.81. The number of amides is 1. The number of aromatic nitrogens is 3. The summed E-state index contributed by atoms with van der Waals surface area (Å²) in [6, 6.07) is 2.36. The van der Waals surface area contributed by atoms with Crippen LogP contribution in [0.5, 0.6) is 0 Å². The Morgan fingerprint density at radius 1 is 1.05 bits per heavy atom. The SMILES string of the molecule is C=C[C@]12OC(=O)N(CCCCn3cnc(-c4ccc(Cl)nc4)c3)[C@@H]1[C@@H](C)C(=O)[C@H](C)C[C@](C)(OC)[C@H](OC1O[C@H](C)C[C@H](N(C)C)[C@H]1O)[C@@H](C)C(=O)[C@@H](C)C(=O)O[C@@H]2CC. The molecule has 3 fully saturated rings. The number of aryl methyl sites for hydroxylation is 1. The van der Waals surface area contributed by atoms with Crippen molar-refractivity contribution in [3.63, 3.8) is 0 Å². The van der Waals surface area contributed by atoms with Gasteiger partial charge in [-0.2, -0.15) is 0 Å². The van der Waals surface area contributed by atoms with Gasteiger partial charge in [0.25, 0.3) is 0 Å². The van der Waals surface area contributed by atoms with Gasteiger partial charge in [0.2, 0.25) is 0 Å². The molecule has 1 unspecified atom stereocenters. The molecule has 0 bridgehead atoms. The monoisotopic (exact) mass is 857 g/mol. The van der Waals surface area contributed by atoms with Gasteiger partial charge in [-0.1, -0.05) is 45.9 Å². The van der Waals surface area contributed by atoms with E-state index in [-0.39, 0.29) is 37.3 Å². The molecule has 3 aliphatic heterocycles. The van der Waals surface area contributed by atoms with Crippen LogP contribution >= 0.6 is 11.6 Å². The Hall–Kier alpha value is -3.73. The van der Waals surface area contributed by atoms with Crippen molar-refractivity contribution in [2.75, 3.05) is 27.7 Å². The molecule has 0 radical (unpaired) electrons. The number of Topliss-reactive ketones (excluding diaryl/α,β-unsaturated/α-hetero) is 2. The summed E-state index contributed by atoms with van der Waals surface area (Å²) >= 11 is 5.95. The minimum atomic E-state index is -1.61. The van der Waals surface area contributed by atoms with Crippen LogP contribution in [-0.2, 0) is 44.6 Å². The van der Waals surface area contributed by atoms with Gasteiger partial charge in [0.05, 0.1) is 35.9 Å². The standard InChI is InChI=1S/C44H64ClN5O10/c1-12-33-44(13-2)38(50(42(55)60-44)19-15-14-18-49-23-31(47-24-49)30-16-17-34(45)46-22-30)27(5)35(51)25(3)21-43(8,56-11)39(28(6)36(52)29(7)40(54)58-33)59-41-37(53)32(48(9)10)20-26(4)57-41/h13,16-17,22-29,32-33,37-39,41,53H,2,12,14-15,18-21H2,1,3-11H3/t25-,26-,27+,28+,29-,32+,33-,37-,38-,39-,41?,43+,44-/m1/s1. The number of aliphatic hydroxyl groups excluding tert-OH is 1. The molecular formula is C44H64ClN5O10. The largest absolute Gasteiger partial charge is 0.457 e. The lowest BCUT2D eigenvalue weighted by atomic mass is 9.72. The average molecular weight is 858 g/mol. The van der Waals surface area contributed by atoms with Gasteiger partial charge in [-0.25, -0.2) is 14.8 Å². The molecule has 1 N–H and O–H groups in total. The number of esters is 1. The number of nitrogens with zero attached hydrogens (tertiary/aromatic N) is 5. The summed E-state index contributed by atoms with van der Waals surface area (Å²) in [7, 11) is 5.22. The Balaban J connectivity index is 1.45. The van der Waals surface area contributed by atoms with Crippen molar-refractivity contribution in [1.29, 1.82) is 0 Å². The van der Waals surface area contributed by atoms with Gasteiger partial charge in [-0.05, 0) is 85.2 Å². The van der Waals surface area contributed by atoms with E-state index in [0.717, 1.165) is 11.3 Å². The third-order valence-electron chi connectivity index (χ3n) is 12.9. The Bertz CT molecular complexity index is 1840. The number of aliphatic hydroxyl groups is 1. The van der Waals surface area contributed by atoms with Crippen molar-refractivity contribution in [2.24, 2.45) is 23.7 Å². The number of hydrogen-bond donors (Lipinski definition) is 1. The maximum atomic E-state index is 14.8. The third kappa shape index (κ3) is 9.66. The molecule has 3 saturated heterocycles. The molecule has 15 nitrogen and oxygen atoms in total. The van der Waals surface area contributed by atoms with E-state index in [0.29, 0.717) is 31.0 Å². The Labute approximate surface area is 359 Å². The van der Waals surface area contributed by atoms with Gasteiger partial charge in [-0.3, -0.25) is 19.3 Å². The summed E-state index contributed by atoms with van der Waals surface area (Å²) in [5, 5.41) is 11.9. The number of rotatable bonds is 12. The highest BCUT2D eigenvalue weighted by atomic mass is 35.5. The first-order valence-corrected chi connectivity index (χ1v) is 21.4. The lowest BCUT2D eigenvalue weighted by Gasteiger charge is -2.47. The van der Waals surface area contributed by atoms with Crippen LogP contribution in [0, 0.1) is 23.7 Å². The number of ether oxygens (including phenoxy) is 5. The summed E-state index contributed by atoms with van der Waals surface area (Å²) < 4.78 is 33.2. The highest BCUT2D eigenvalue weighted by Crippen LogP contribution is 2.44. The second-order valence-corrected chi connectivity index (χ2v) is 17.7. The van der Waals surface area contributed by atoms with Crippen molar-refractivity contribution in [3.05, 3.63) is 48.7 Å². The van der Waals surface area contributed by atoms with Crippen molar-refractivity contribution in [1.82, 2.24) is 24.3 Å². The van der Waals surface area contributed by atoms with Crippen LogP contribution in [0.4, 0.5) is 4.79 Å². The number of imidazole rings is 1. The normalized spacial score (nSPS) is 35.8. The van der Waals surface area contributed by atoms with Gasteiger partial charge in [-0.15, -0.1) is 0 Å². The molecule has 16 heteroatoms. The van der Waals surface area contributed by atoms with E-state index in [9.17, 15) is 24.3 Å². The molecule has 2 aromatic heterocycles. The first kappa shape index (κ1) is 47.3. The van der Waals surface area contributed by atoms with E-state index >= 15 is 0 Å². The van der Waals surface area contributed by atoms with Crippen LogP contribution in [0.2, 0.25) is 5.15 Å². The predicted octanol–water partition coefficient (Wildman–Crippen LogP) is 5.75. The van der Waals surface area contributed by atoms with Crippen LogP contribution in [0.25, 0.3) is 11.3 Å². The number of ketones is 2. The number of cyclic esters (lactones) is 1. The van der Waals surface area contributed by atoms with Crippen LogP contribution in [0.15, 0.2) is 43.5 Å². The molecule has 0 spiro atoms. The number of pyridine rings is 1. The molecule has 3 aliphatic rings. The number of likely N-dealkylation sites (N-methyl/N-ethyl adjacent to an activating group) is 1. The molecule has 60 heavy (non-hydrogen) atoms. The van der Waals surface area contributed by atoms with E-state index in [1.165, 1.54) is 20.1 Å². The zero-order valence-corrected chi connectivity index (χ0v) is 37.5. The summed E-state index contributed by atoms with van der Waals surface area (Å²) in [6.45, 7) is 17.0. The summed E-state index contributed by atoms with van der Waals surface area (Å²) in [6.07, 6.45) is 3.58. The lowest BCUT2D eigenvalue weighted by Crippen LogP contribution is -2.60. The zero-order valence-electron chi connectivity index (χ0n) is 36.7. The number of hydrogen-bond acceptors (Lipinski definition) is 13. The summed E-state index contributed by atoms with van der Waals surface area (Å²) in [5.74, 6) is -5.25. The topological polar surface area (TPSA) is 172 Å². The number of fused-ring (bicyclic) bond motifs is 1. The molecule has 0 aromatic carbocycles. The molecule has 0 aliphatic carbocycles. The molecule has 1 amide bonds. The Morgan fingerprint density at radius 3 is 2.37 bits per heavy atom. The van der Waals surface area contributed by atoms with E-state index in [2.05, 4.69) is 16.5 Å². The zero-order chi connectivity index (χ0) is 44.3. The molecule has 2 aromatic rings. The predicted molar refractivity (Wildman–Crippen MR) is 224 cm³/mol. The smallest absolute Gasteiger partial charge is 0.411 e. The Morgan fingerprint density at radius 2 is 1.75 bits per heavy atom. The quantitative estimate of drug-likeness (QED) is 0.0901. The second-order valence-electron chi connectivity index (χ2n) is 17.3. The minimum absolute atomic E-state index is 0.0993. The van der Waals surface area contributed by atoms with E-state index < -0.39 is 83.4 Å². The fourth-order valence-corrected chi connectivity index (χ4v) is 9.53. The van der Waals surface area contributed by atoms with Gasteiger partial charge in [0.1, 0.15) is 29.1 Å². The molecule has 0 saturated carbocycles. The van der Waals surface area contributed by atoms with Gasteiger partial charge < -0.3 is 38.3 Å². The highest BCUT2D eigenvalue weighted by molar-refractivity contribution is 6.29. The van der Waals surface area contributed by atoms with Crippen LogP contribution in [0.3, 0.4) is 0 Å². The number of carbonyl (C=O) groups is 4. The van der Waals surface area contributed by atoms with Gasteiger partial charge >= 0.3 is 12.1 Å². The van der Waals surface area contributed by atoms with Crippen molar-refractivity contribution < 1.29 is 48.0 Å². The second kappa shape index (κ2) is 19.5. The van der Waals surface area contributed by atoms with Crippen LogP contribution < -0.4 is 0 Å². The van der Waals surface area contributed by atoms with E-state index in [1.807, 2.05) is 42.7 Å². The highest BCUT2D eigenvalue weighted by Gasteiger charge is 2.61. The van der Waals surface area contributed by atoms with E-state index in [1.54, 1.807) is 58.1 Å². The van der Waals surface area contributed by atoms with Gasteiger partial charge in [0, 0.05) is 62.0 Å². The molecule has 13 atom stereocenters. The Kier molecular flexibility index (Phi) is 15.4. The number of carbonyl (C=O) groups excluding carboxylic acids is 4. The van der Waals surface area contributed by atoms with Crippen molar-refractivity contribution >= 4 is 35.2 Å². The number of halogens is 1. The number of unbranched alkanes of at least 4 members (excludes halogenated alkanes) is 1. The molecule has 5 heterocycles.